The maximum Gasteiger partial charge on any atom is 0.311 e. The van der Waals surface area contributed by atoms with Crippen molar-refractivity contribution in [2.75, 3.05) is 19.0 Å². The number of nitrogens with one attached hydrogen (secondary N) is 1. The number of ether oxygens (including phenoxy) is 2. The molecule has 0 saturated heterocycles. The van der Waals surface area contributed by atoms with E-state index in [1.807, 2.05) is 24.3 Å². The number of rotatable bonds is 9. The zero-order valence-electron chi connectivity index (χ0n) is 14.9. The lowest BCUT2D eigenvalue weighted by molar-refractivity contribution is -0.139. The zero-order valence-corrected chi connectivity index (χ0v) is 15.7. The number of unbranched alkanes of at least 4 members (excludes halogenated alkanes) is 1. The van der Waals surface area contributed by atoms with Crippen LogP contribution in [0.5, 0.6) is 5.75 Å². The highest BCUT2D eigenvalue weighted by Crippen LogP contribution is 2.17. The first kappa shape index (κ1) is 19.7. The van der Waals surface area contributed by atoms with Crippen LogP contribution in [-0.2, 0) is 20.7 Å². The van der Waals surface area contributed by atoms with Crippen LogP contribution in [0.25, 0.3) is 6.08 Å². The number of benzene rings is 1. The summed E-state index contributed by atoms with van der Waals surface area (Å²) in [5, 5.41) is 4.83. The van der Waals surface area contributed by atoms with Crippen LogP contribution in [0.4, 0.5) is 5.13 Å². The Hall–Kier alpha value is -2.67. The lowest BCUT2D eigenvalue weighted by Gasteiger charge is -2.05. The largest absolute Gasteiger partial charge is 0.494 e. The van der Waals surface area contributed by atoms with Gasteiger partial charge >= 0.3 is 5.97 Å². The predicted molar refractivity (Wildman–Crippen MR) is 102 cm³/mol. The second kappa shape index (κ2) is 10.4. The molecule has 0 aliphatic heterocycles. The lowest BCUT2D eigenvalue weighted by atomic mass is 10.2. The topological polar surface area (TPSA) is 77.5 Å². The van der Waals surface area contributed by atoms with E-state index in [1.54, 1.807) is 11.5 Å². The van der Waals surface area contributed by atoms with Crippen LogP contribution in [0.2, 0.25) is 0 Å². The smallest absolute Gasteiger partial charge is 0.311 e. The first-order valence-corrected chi connectivity index (χ1v) is 9.22. The molecule has 1 amide bonds. The number of carbonyl (C=O) groups excluding carboxylic acids is 2. The van der Waals surface area contributed by atoms with Crippen molar-refractivity contribution >= 4 is 34.4 Å². The Morgan fingerprint density at radius 3 is 2.73 bits per heavy atom. The lowest BCUT2D eigenvalue weighted by Crippen LogP contribution is -2.08. The van der Waals surface area contributed by atoms with Crippen molar-refractivity contribution in [3.63, 3.8) is 0 Å². The van der Waals surface area contributed by atoms with Crippen molar-refractivity contribution in [2.45, 2.75) is 26.2 Å². The quantitative estimate of drug-likeness (QED) is 0.411. The van der Waals surface area contributed by atoms with E-state index in [1.165, 1.54) is 24.5 Å². The van der Waals surface area contributed by atoms with Crippen LogP contribution in [0.1, 0.15) is 31.0 Å². The average Bonchev–Trinajstić information content (AvgIpc) is 3.07. The molecular weight excluding hydrogens is 352 g/mol. The van der Waals surface area contributed by atoms with E-state index in [4.69, 9.17) is 4.74 Å². The van der Waals surface area contributed by atoms with E-state index in [2.05, 4.69) is 22.0 Å². The van der Waals surface area contributed by atoms with Crippen molar-refractivity contribution in [3.05, 3.63) is 47.0 Å². The number of methoxy groups -OCH3 is 1. The van der Waals surface area contributed by atoms with Gasteiger partial charge in [-0.1, -0.05) is 25.5 Å². The van der Waals surface area contributed by atoms with Crippen molar-refractivity contribution in [1.82, 2.24) is 4.98 Å². The standard InChI is InChI=1S/C19H22N2O4S/c1-3-4-11-25-16-8-5-14(6-9-16)7-10-17(22)21-19-20-15(13-26-19)12-18(23)24-2/h5-10,13H,3-4,11-12H2,1-2H3,(H,20,21,22)/b10-7+. The molecular formula is C19H22N2O4S. The van der Waals surface area contributed by atoms with Gasteiger partial charge in [0, 0.05) is 11.5 Å². The Morgan fingerprint density at radius 1 is 1.27 bits per heavy atom. The van der Waals surface area contributed by atoms with Crippen LogP contribution < -0.4 is 10.1 Å². The maximum absolute atomic E-state index is 12.0. The number of carbonyl (C=O) groups is 2. The second-order valence-electron chi connectivity index (χ2n) is 5.49. The van der Waals surface area contributed by atoms with E-state index in [0.29, 0.717) is 17.4 Å². The number of esters is 1. The van der Waals surface area contributed by atoms with Crippen molar-refractivity contribution in [1.29, 1.82) is 0 Å². The Labute approximate surface area is 156 Å². The third-order valence-electron chi connectivity index (χ3n) is 3.41. The van der Waals surface area contributed by atoms with E-state index >= 15 is 0 Å². The van der Waals surface area contributed by atoms with Gasteiger partial charge in [-0.05, 0) is 30.2 Å². The van der Waals surface area contributed by atoms with Crippen LogP contribution in [0.3, 0.4) is 0 Å². The summed E-state index contributed by atoms with van der Waals surface area (Å²) in [7, 11) is 1.33. The molecule has 2 rings (SSSR count). The number of nitrogens with zero attached hydrogens (tertiary/aromatic N) is 1. The molecule has 1 N–H and O–H groups in total. The number of aromatic nitrogens is 1. The molecule has 26 heavy (non-hydrogen) atoms. The summed E-state index contributed by atoms with van der Waals surface area (Å²) in [6.45, 7) is 2.83. The fourth-order valence-corrected chi connectivity index (χ4v) is 2.71. The first-order valence-electron chi connectivity index (χ1n) is 8.34. The van der Waals surface area contributed by atoms with Gasteiger partial charge in [0.25, 0.3) is 0 Å². The zero-order chi connectivity index (χ0) is 18.8. The molecule has 1 aromatic heterocycles. The monoisotopic (exact) mass is 374 g/mol. The normalized spacial score (nSPS) is 10.7. The highest BCUT2D eigenvalue weighted by atomic mass is 32.1. The molecule has 0 spiro atoms. The molecule has 0 aliphatic rings. The summed E-state index contributed by atoms with van der Waals surface area (Å²) in [6.07, 6.45) is 5.37. The van der Waals surface area contributed by atoms with E-state index < -0.39 is 0 Å². The fourth-order valence-electron chi connectivity index (χ4n) is 1.99. The van der Waals surface area contributed by atoms with E-state index in [-0.39, 0.29) is 18.3 Å². The third-order valence-corrected chi connectivity index (χ3v) is 4.22. The molecule has 0 bridgehead atoms. The molecule has 0 aliphatic carbocycles. The Balaban J connectivity index is 1.84. The fraction of sp³-hybridized carbons (Fsp3) is 0.316. The van der Waals surface area contributed by atoms with Crippen molar-refractivity contribution < 1.29 is 19.1 Å². The third kappa shape index (κ3) is 6.68. The second-order valence-corrected chi connectivity index (χ2v) is 6.35. The van der Waals surface area contributed by atoms with Crippen molar-refractivity contribution in [3.8, 4) is 5.75 Å². The Morgan fingerprint density at radius 2 is 2.04 bits per heavy atom. The number of thiazole rings is 1. The minimum Gasteiger partial charge on any atom is -0.494 e. The minimum atomic E-state index is -0.366. The highest BCUT2D eigenvalue weighted by molar-refractivity contribution is 7.14. The van der Waals surface area contributed by atoms with Gasteiger partial charge in [0.1, 0.15) is 5.75 Å². The SMILES string of the molecule is CCCCOc1ccc(/C=C/C(=O)Nc2nc(CC(=O)OC)cs2)cc1. The average molecular weight is 374 g/mol. The van der Waals surface area contributed by atoms with Gasteiger partial charge in [0.2, 0.25) is 5.91 Å². The Bertz CT molecular complexity index is 753. The van der Waals surface area contributed by atoms with Crippen molar-refractivity contribution in [2.24, 2.45) is 0 Å². The molecule has 1 aromatic carbocycles. The molecule has 6 nitrogen and oxygen atoms in total. The molecule has 0 saturated carbocycles. The molecule has 0 fully saturated rings. The van der Waals surface area contributed by atoms with E-state index in [9.17, 15) is 9.59 Å². The summed E-state index contributed by atoms with van der Waals surface area (Å²) in [6, 6.07) is 7.55. The predicted octanol–water partition coefficient (Wildman–Crippen LogP) is 3.69. The molecule has 0 atom stereocenters. The van der Waals surface area contributed by atoms with Gasteiger partial charge in [0.05, 0.1) is 25.8 Å². The maximum atomic E-state index is 12.0. The minimum absolute atomic E-state index is 0.0887. The van der Waals surface area contributed by atoms with E-state index in [0.717, 1.165) is 24.2 Å². The number of anilines is 1. The van der Waals surface area contributed by atoms with Crippen LogP contribution in [0.15, 0.2) is 35.7 Å². The molecule has 0 radical (unpaired) electrons. The summed E-state index contributed by atoms with van der Waals surface area (Å²) in [4.78, 5) is 27.3. The van der Waals surface area contributed by atoms with Gasteiger partial charge < -0.3 is 9.47 Å². The van der Waals surface area contributed by atoms with Gasteiger partial charge in [-0.2, -0.15) is 0 Å². The van der Waals surface area contributed by atoms with Gasteiger partial charge in [-0.3, -0.25) is 14.9 Å². The molecule has 7 heteroatoms. The summed E-state index contributed by atoms with van der Waals surface area (Å²) >= 11 is 1.26. The van der Waals surface area contributed by atoms with Gasteiger partial charge in [-0.15, -0.1) is 11.3 Å². The summed E-state index contributed by atoms with van der Waals surface area (Å²) in [5.41, 5.74) is 1.47. The first-order chi connectivity index (χ1) is 12.6. The number of hydrogen-bond donors (Lipinski definition) is 1. The van der Waals surface area contributed by atoms with Gasteiger partial charge in [0.15, 0.2) is 5.13 Å². The molecule has 0 unspecified atom stereocenters. The summed E-state index contributed by atoms with van der Waals surface area (Å²) < 4.78 is 10.2. The number of amides is 1. The van der Waals surface area contributed by atoms with Crippen LogP contribution >= 0.6 is 11.3 Å². The molecule has 1 heterocycles. The summed E-state index contributed by atoms with van der Waals surface area (Å²) in [5.74, 6) is 0.170. The van der Waals surface area contributed by atoms with Crippen LogP contribution in [-0.4, -0.2) is 30.6 Å². The highest BCUT2D eigenvalue weighted by Gasteiger charge is 2.08. The van der Waals surface area contributed by atoms with Gasteiger partial charge in [-0.25, -0.2) is 4.98 Å². The molecule has 2 aromatic rings. The molecule has 138 valence electrons. The van der Waals surface area contributed by atoms with Crippen LogP contribution in [0, 0.1) is 0 Å². The Kier molecular flexibility index (Phi) is 7.82. The number of hydrogen-bond acceptors (Lipinski definition) is 6.